The van der Waals surface area contributed by atoms with Crippen molar-refractivity contribution < 1.29 is 27.9 Å². The molecule has 0 aliphatic heterocycles. The fourth-order valence-electron chi connectivity index (χ4n) is 2.72. The second kappa shape index (κ2) is 8.36. The number of halogens is 2. The molecule has 0 bridgehead atoms. The first kappa shape index (κ1) is 20.2. The van der Waals surface area contributed by atoms with Crippen LogP contribution in [-0.2, 0) is 0 Å². The van der Waals surface area contributed by atoms with Crippen molar-refractivity contribution in [1.29, 1.82) is 0 Å². The third-order valence-electron chi connectivity index (χ3n) is 4.12. The number of aromatic nitrogens is 1. The van der Waals surface area contributed by atoms with Crippen molar-refractivity contribution in [3.05, 3.63) is 82.9 Å². The first-order valence-electron chi connectivity index (χ1n) is 8.80. The van der Waals surface area contributed by atoms with Gasteiger partial charge in [0, 0.05) is 28.8 Å². The number of phenols is 1. The summed E-state index contributed by atoms with van der Waals surface area (Å²) in [5, 5.41) is 17.2. The van der Waals surface area contributed by atoms with Crippen molar-refractivity contribution in [3.8, 4) is 17.2 Å². The van der Waals surface area contributed by atoms with Gasteiger partial charge in [0.1, 0.15) is 23.1 Å². The minimum absolute atomic E-state index is 0.0513. The molecule has 4 aromatic rings. The van der Waals surface area contributed by atoms with Crippen LogP contribution in [0.15, 0.2) is 64.6 Å². The summed E-state index contributed by atoms with van der Waals surface area (Å²) in [6, 6.07) is 9.68. The molecular formula is C21H13F2N3O4S. The van der Waals surface area contributed by atoms with Crippen molar-refractivity contribution in [3.63, 3.8) is 0 Å². The van der Waals surface area contributed by atoms with Gasteiger partial charge in [0.05, 0.1) is 11.8 Å². The summed E-state index contributed by atoms with van der Waals surface area (Å²) in [5.74, 6) is -3.01. The van der Waals surface area contributed by atoms with Crippen molar-refractivity contribution in [2.75, 3.05) is 10.6 Å². The molecule has 7 nitrogen and oxygen atoms in total. The third kappa shape index (κ3) is 4.59. The Labute approximate surface area is 178 Å². The Morgan fingerprint density at radius 2 is 1.77 bits per heavy atom. The zero-order chi connectivity index (χ0) is 22.0. The zero-order valence-corrected chi connectivity index (χ0v) is 16.4. The molecule has 0 saturated heterocycles. The van der Waals surface area contributed by atoms with E-state index in [1.54, 1.807) is 17.5 Å². The van der Waals surface area contributed by atoms with Crippen LogP contribution in [0.1, 0.15) is 20.7 Å². The lowest BCUT2D eigenvalue weighted by Crippen LogP contribution is -2.14. The Morgan fingerprint density at radius 3 is 2.45 bits per heavy atom. The maximum absolute atomic E-state index is 13.3. The number of thiazole rings is 1. The molecule has 0 atom stereocenters. The second-order valence-electron chi connectivity index (χ2n) is 6.31. The number of nitrogens with one attached hydrogen (secondary N) is 2. The quantitative estimate of drug-likeness (QED) is 0.409. The number of anilines is 2. The number of nitrogens with zero attached hydrogens (tertiary/aromatic N) is 1. The highest BCUT2D eigenvalue weighted by molar-refractivity contribution is 7.14. The number of furan rings is 1. The van der Waals surface area contributed by atoms with Gasteiger partial charge in [-0.05, 0) is 36.4 Å². The molecule has 0 spiro atoms. The van der Waals surface area contributed by atoms with E-state index >= 15 is 0 Å². The van der Waals surface area contributed by atoms with E-state index in [1.807, 2.05) is 0 Å². The highest BCUT2D eigenvalue weighted by Gasteiger charge is 2.16. The summed E-state index contributed by atoms with van der Waals surface area (Å²) >= 11 is 1.19. The van der Waals surface area contributed by atoms with Crippen LogP contribution >= 0.6 is 11.3 Å². The molecular weight excluding hydrogens is 428 g/mol. The Bertz CT molecular complexity index is 1250. The summed E-state index contributed by atoms with van der Waals surface area (Å²) in [6.45, 7) is 0. The van der Waals surface area contributed by atoms with Gasteiger partial charge in [0.15, 0.2) is 10.9 Å². The molecule has 4 rings (SSSR count). The molecule has 0 radical (unpaired) electrons. The van der Waals surface area contributed by atoms with Crippen LogP contribution in [0.5, 0.6) is 5.75 Å². The van der Waals surface area contributed by atoms with Crippen LogP contribution in [0, 0.1) is 11.6 Å². The zero-order valence-electron chi connectivity index (χ0n) is 15.6. The largest absolute Gasteiger partial charge is 0.507 e. The van der Waals surface area contributed by atoms with E-state index < -0.39 is 29.2 Å². The topological polar surface area (TPSA) is 104 Å². The van der Waals surface area contributed by atoms with Crippen molar-refractivity contribution in [2.24, 2.45) is 0 Å². The lowest BCUT2D eigenvalue weighted by molar-refractivity contribution is 0.101. The highest BCUT2D eigenvalue weighted by Crippen LogP contribution is 2.27. The molecule has 31 heavy (non-hydrogen) atoms. The Balaban J connectivity index is 1.45. The summed E-state index contributed by atoms with van der Waals surface area (Å²) in [6.07, 6.45) is 1.51. The monoisotopic (exact) mass is 441 g/mol. The van der Waals surface area contributed by atoms with Gasteiger partial charge in [-0.3, -0.25) is 14.9 Å². The number of hydrogen-bond donors (Lipinski definition) is 3. The number of phenolic OH excluding ortho intramolecular Hbond substituents is 1. The molecule has 0 saturated carbocycles. The molecule has 2 aromatic heterocycles. The summed E-state index contributed by atoms with van der Waals surface area (Å²) in [7, 11) is 0. The van der Waals surface area contributed by atoms with Crippen molar-refractivity contribution in [2.45, 2.75) is 0 Å². The maximum atomic E-state index is 13.3. The number of aromatic hydroxyl groups is 1. The minimum atomic E-state index is -0.891. The van der Waals surface area contributed by atoms with E-state index in [2.05, 4.69) is 15.6 Å². The molecule has 0 aliphatic carbocycles. The normalized spacial score (nSPS) is 10.6. The van der Waals surface area contributed by atoms with Crippen LogP contribution in [0.4, 0.5) is 19.6 Å². The molecule has 156 valence electrons. The van der Waals surface area contributed by atoms with Gasteiger partial charge in [-0.25, -0.2) is 13.8 Å². The van der Waals surface area contributed by atoms with Crippen molar-refractivity contribution >= 4 is 34.0 Å². The lowest BCUT2D eigenvalue weighted by atomic mass is 10.1. The van der Waals surface area contributed by atoms with E-state index in [-0.39, 0.29) is 16.8 Å². The van der Waals surface area contributed by atoms with Gasteiger partial charge >= 0.3 is 0 Å². The Morgan fingerprint density at radius 1 is 1.00 bits per heavy atom. The fourth-order valence-corrected chi connectivity index (χ4v) is 3.42. The smallest absolute Gasteiger partial charge is 0.261 e. The first-order chi connectivity index (χ1) is 14.9. The van der Waals surface area contributed by atoms with Gasteiger partial charge in [-0.15, -0.1) is 11.3 Å². The fraction of sp³-hybridized carbons (Fsp3) is 0. The van der Waals surface area contributed by atoms with Crippen LogP contribution < -0.4 is 10.6 Å². The molecule has 10 heteroatoms. The van der Waals surface area contributed by atoms with Crippen LogP contribution in [0.25, 0.3) is 11.5 Å². The number of hydrogen-bond acceptors (Lipinski definition) is 6. The van der Waals surface area contributed by atoms with Crippen LogP contribution in [0.3, 0.4) is 0 Å². The van der Waals surface area contributed by atoms with Crippen molar-refractivity contribution in [1.82, 2.24) is 4.98 Å². The molecule has 0 aliphatic rings. The van der Waals surface area contributed by atoms with E-state index in [4.69, 9.17) is 4.42 Å². The lowest BCUT2D eigenvalue weighted by Gasteiger charge is -2.09. The van der Waals surface area contributed by atoms with Gasteiger partial charge in [-0.1, -0.05) is 0 Å². The summed E-state index contributed by atoms with van der Waals surface area (Å²) in [5.41, 5.74) is 0.416. The van der Waals surface area contributed by atoms with E-state index in [0.29, 0.717) is 22.7 Å². The summed E-state index contributed by atoms with van der Waals surface area (Å²) in [4.78, 5) is 28.9. The SMILES string of the molecule is O=C(Nc1ccc(C(=O)Nc2nc(-c3ccco3)cs2)c(O)c1)c1cc(F)cc(F)c1. The summed E-state index contributed by atoms with van der Waals surface area (Å²) < 4.78 is 31.8. The highest BCUT2D eigenvalue weighted by atomic mass is 32.1. The van der Waals surface area contributed by atoms with Gasteiger partial charge in [0.2, 0.25) is 0 Å². The average molecular weight is 441 g/mol. The number of carbonyl (C=O) groups is 2. The first-order valence-corrected chi connectivity index (χ1v) is 9.68. The number of rotatable bonds is 5. The molecule has 2 aromatic carbocycles. The Hall–Kier alpha value is -4.05. The van der Waals surface area contributed by atoms with Gasteiger partial charge < -0.3 is 14.8 Å². The van der Waals surface area contributed by atoms with Crippen LogP contribution in [-0.4, -0.2) is 21.9 Å². The predicted molar refractivity (Wildman–Crippen MR) is 110 cm³/mol. The van der Waals surface area contributed by atoms with E-state index in [9.17, 15) is 23.5 Å². The predicted octanol–water partition coefficient (Wildman–Crippen LogP) is 4.89. The molecule has 0 unspecified atom stereocenters. The van der Waals surface area contributed by atoms with E-state index in [0.717, 1.165) is 18.2 Å². The third-order valence-corrected chi connectivity index (χ3v) is 4.88. The van der Waals surface area contributed by atoms with Gasteiger partial charge in [-0.2, -0.15) is 0 Å². The van der Waals surface area contributed by atoms with E-state index in [1.165, 1.54) is 29.7 Å². The standard InChI is InChI=1S/C21H13F2N3O4S/c22-12-6-11(7-13(23)8-12)19(28)24-14-3-4-15(17(27)9-14)20(29)26-21-25-16(10-31-21)18-2-1-5-30-18/h1-10,27H,(H,24,28)(H,25,26,29). The minimum Gasteiger partial charge on any atom is -0.507 e. The number of amides is 2. The van der Waals surface area contributed by atoms with Crippen LogP contribution in [0.2, 0.25) is 0 Å². The number of carbonyl (C=O) groups excluding carboxylic acids is 2. The second-order valence-corrected chi connectivity index (χ2v) is 7.17. The molecule has 2 heterocycles. The van der Waals surface area contributed by atoms with Gasteiger partial charge in [0.25, 0.3) is 11.8 Å². The average Bonchev–Trinajstić information content (AvgIpc) is 3.39. The molecule has 3 N–H and O–H groups in total. The molecule has 0 fully saturated rings. The maximum Gasteiger partial charge on any atom is 0.261 e. The number of benzene rings is 2. The molecule has 2 amide bonds. The Kier molecular flexibility index (Phi) is 5.46.